The molecule has 0 fully saturated rings. The Labute approximate surface area is 859 Å². The number of para-hydroxylation sites is 6. The monoisotopic (exact) mass is 1930 g/mol. The number of allylic oxidation sites excluding steroid dienone is 4. The first-order valence-corrected chi connectivity index (χ1v) is 51.7. The van der Waals surface area contributed by atoms with Gasteiger partial charge in [-0.05, 0) is 189 Å². The Hall–Kier alpha value is -19.1. The highest BCUT2D eigenvalue weighted by Crippen LogP contribution is 2.48. The number of fused-ring (bicyclic) bond motifs is 19. The number of benzene rings is 20. The fourth-order valence-electron chi connectivity index (χ4n) is 22.0. The van der Waals surface area contributed by atoms with E-state index in [1.165, 1.54) is 156 Å². The van der Waals surface area contributed by atoms with E-state index in [0.29, 0.717) is 29.2 Å². The van der Waals surface area contributed by atoms with Crippen molar-refractivity contribution in [3.63, 3.8) is 0 Å². The number of hydrogen-bond donors (Lipinski definition) is 0. The van der Waals surface area contributed by atoms with Gasteiger partial charge in [-0.3, -0.25) is 9.13 Å². The van der Waals surface area contributed by atoms with E-state index in [2.05, 4.69) is 449 Å². The maximum atomic E-state index is 5.32. The van der Waals surface area contributed by atoms with Crippen molar-refractivity contribution in [2.75, 3.05) is 0 Å². The predicted molar refractivity (Wildman–Crippen MR) is 619 cm³/mol. The lowest BCUT2D eigenvalue weighted by Gasteiger charge is -2.14. The Morgan fingerprint density at radius 3 is 1.09 bits per heavy atom. The summed E-state index contributed by atoms with van der Waals surface area (Å²) in [7, 11) is 0. The van der Waals surface area contributed by atoms with E-state index in [-0.39, 0.29) is 5.92 Å². The van der Waals surface area contributed by atoms with E-state index in [9.17, 15) is 0 Å². The second-order valence-electron chi connectivity index (χ2n) is 37.7. The van der Waals surface area contributed by atoms with Crippen LogP contribution in [0.5, 0.6) is 0 Å². The molecule has 1 unspecified atom stereocenters. The van der Waals surface area contributed by atoms with Crippen molar-refractivity contribution in [1.82, 2.24) is 53.2 Å². The van der Waals surface area contributed by atoms with Gasteiger partial charge in [-0.25, -0.2) is 24.9 Å². The van der Waals surface area contributed by atoms with Gasteiger partial charge >= 0.3 is 0 Å². The third kappa shape index (κ3) is 15.4. The SMILES string of the molecule is C1=CCC(c2nc(-c3ccccc3)nc(-c3ccc(-n4c5ccccc5c5ccc(-c6cccc7c6sc6ccccc67)cc54)cc3)n2)C=C1.c1ccc(-c2cccc(-c3cc(-n4c5ccccc5c5cc(-c6ccc7c(c6)c6ccccc6n7-c6ccccc6)ccc54)nc4ccccc34)c2)cc1.c1ccc(-c2nc(-c3ccccc3)nc(-n3c4ccccc4c4ccc(-c5cccc6c5sc5ccccc56)cc43)n2)cc1. The zero-order valence-electron chi connectivity index (χ0n) is 80.0. The van der Waals surface area contributed by atoms with Crippen LogP contribution in [-0.2, 0) is 0 Å². The molecule has 0 N–H and O–H groups in total. The highest BCUT2D eigenvalue weighted by molar-refractivity contribution is 7.26. The summed E-state index contributed by atoms with van der Waals surface area (Å²) in [5.41, 5.74) is 28.2. The number of nitrogens with zero attached hydrogens (tertiary/aromatic N) is 11. The molecule has 20 aromatic carbocycles. The Balaban J connectivity index is 0.000000108. The van der Waals surface area contributed by atoms with Crippen LogP contribution in [0, 0.1) is 0 Å². The minimum atomic E-state index is 0.119. The third-order valence-electron chi connectivity index (χ3n) is 29.0. The van der Waals surface area contributed by atoms with Gasteiger partial charge in [-0.15, -0.1) is 22.7 Å². The topological polar surface area (TPSA) is 110 Å². The molecule has 30 rings (SSSR count). The average molecular weight is 1930 g/mol. The van der Waals surface area contributed by atoms with Crippen molar-refractivity contribution in [1.29, 1.82) is 0 Å². The fraction of sp³-hybridized carbons (Fsp3) is 0.0148. The average Bonchev–Trinajstić information content (AvgIpc) is 1.57. The highest BCUT2D eigenvalue weighted by Gasteiger charge is 2.26. The molecule has 0 saturated heterocycles. The van der Waals surface area contributed by atoms with Crippen LogP contribution in [0.1, 0.15) is 18.2 Å². The summed E-state index contributed by atoms with van der Waals surface area (Å²) in [6.45, 7) is 0. The molecule has 11 nitrogen and oxygen atoms in total. The highest BCUT2D eigenvalue weighted by atomic mass is 32.1. The van der Waals surface area contributed by atoms with Gasteiger partial charge in [0.25, 0.3) is 0 Å². The van der Waals surface area contributed by atoms with Crippen molar-refractivity contribution in [2.24, 2.45) is 0 Å². The zero-order valence-corrected chi connectivity index (χ0v) is 81.7. The van der Waals surface area contributed by atoms with Crippen LogP contribution < -0.4 is 0 Å². The van der Waals surface area contributed by atoms with E-state index in [0.717, 1.165) is 89.7 Å². The first-order chi connectivity index (χ1) is 73.4. The summed E-state index contributed by atoms with van der Waals surface area (Å²) in [5.74, 6) is 5.09. The molecule has 9 aromatic heterocycles. The van der Waals surface area contributed by atoms with Gasteiger partial charge in [0.1, 0.15) is 11.6 Å². The Morgan fingerprint density at radius 1 is 0.203 bits per heavy atom. The molecular weight excluding hydrogens is 1840 g/mol. The second kappa shape index (κ2) is 36.7. The Bertz CT molecular complexity index is 10300. The minimum absolute atomic E-state index is 0.119. The first-order valence-electron chi connectivity index (χ1n) is 50.1. The van der Waals surface area contributed by atoms with Crippen LogP contribution in [0.3, 0.4) is 0 Å². The summed E-state index contributed by atoms with van der Waals surface area (Å²) >= 11 is 3.73. The fourth-order valence-corrected chi connectivity index (χ4v) is 24.4. The quantitative estimate of drug-likeness (QED) is 0.107. The van der Waals surface area contributed by atoms with E-state index in [1.54, 1.807) is 0 Å². The van der Waals surface area contributed by atoms with Crippen molar-refractivity contribution in [2.45, 2.75) is 12.3 Å². The smallest absolute Gasteiger partial charge is 0.238 e. The van der Waals surface area contributed by atoms with Gasteiger partial charge < -0.3 is 9.13 Å². The van der Waals surface area contributed by atoms with Crippen molar-refractivity contribution in [3.05, 3.63) is 515 Å². The van der Waals surface area contributed by atoms with E-state index in [4.69, 9.17) is 34.9 Å². The summed E-state index contributed by atoms with van der Waals surface area (Å²) in [5, 5.41) is 16.1. The third-order valence-corrected chi connectivity index (χ3v) is 31.4. The Kier molecular flexibility index (Phi) is 21.5. The molecule has 0 radical (unpaired) electrons. The molecule has 13 heteroatoms. The molecule has 1 atom stereocenters. The summed E-state index contributed by atoms with van der Waals surface area (Å²) in [4.78, 5) is 35.4. The molecule has 694 valence electrons. The predicted octanol–water partition coefficient (Wildman–Crippen LogP) is 35.7. The molecule has 1 aliphatic carbocycles. The molecule has 0 saturated carbocycles. The number of hydrogen-bond acceptors (Lipinski definition) is 9. The number of rotatable bonds is 14. The lowest BCUT2D eigenvalue weighted by Crippen LogP contribution is -2.07. The van der Waals surface area contributed by atoms with Crippen LogP contribution in [0.2, 0.25) is 0 Å². The molecule has 0 aliphatic heterocycles. The number of pyridine rings is 1. The van der Waals surface area contributed by atoms with Crippen molar-refractivity contribution in [3.8, 4) is 124 Å². The van der Waals surface area contributed by atoms with Gasteiger partial charge in [0, 0.05) is 128 Å². The van der Waals surface area contributed by atoms with Crippen LogP contribution in [0.4, 0.5) is 0 Å². The Morgan fingerprint density at radius 2 is 0.561 bits per heavy atom. The molecule has 0 bridgehead atoms. The summed E-state index contributed by atoms with van der Waals surface area (Å²) in [6, 6.07) is 173. The number of aromatic nitrogens is 11. The van der Waals surface area contributed by atoms with Crippen molar-refractivity contribution < 1.29 is 0 Å². The summed E-state index contributed by atoms with van der Waals surface area (Å²) in [6.07, 6.45) is 9.38. The van der Waals surface area contributed by atoms with Crippen molar-refractivity contribution >= 4 is 161 Å². The normalized spacial score (nSPS) is 12.6. The van der Waals surface area contributed by atoms with Crippen LogP contribution >= 0.6 is 22.7 Å². The van der Waals surface area contributed by atoms with E-state index >= 15 is 0 Å². The standard InChI is InChI=1S/C51H33N3.C45H30N4S.C39H24N4S/c1-3-14-34(15-4-1)35-16-13-17-38(30-35)43-33-51(52-46-23-10-7-20-40(43)46)54-48-25-12-9-22-42(48)45-32-37(27-29-50(45)54)36-26-28-49-44(31-36)41-21-8-11-24-47(41)53(49)39-18-5-2-6-19-39;1-3-12-29(13-4-1)43-46-44(30-14-5-2-6-15-30)48-45(47-43)31-22-25-33(26-23-31)49-39-20-9-7-16-35(39)36-27-24-32(28-40(36)49)34-18-11-19-38-37-17-8-10-21-41(37)50-42(34)38;1-3-12-25(13-4-1)37-40-38(26-14-5-2-6-15-26)42-39(41-37)43-33-20-9-7-16-29(33)30-23-22-27(24-34(30)43)28-18-11-19-32-31-17-8-10-21-35(31)44-36(28)32/h1-33H;1-14,16-28,30H,15H2;1-24H. The molecule has 29 aromatic rings. The van der Waals surface area contributed by atoms with Gasteiger partial charge in [0.15, 0.2) is 23.3 Å². The molecular formula is C135H87N11S2. The van der Waals surface area contributed by atoms with Gasteiger partial charge in [-0.1, -0.05) is 382 Å². The van der Waals surface area contributed by atoms with Crippen LogP contribution in [-0.4, -0.2) is 53.2 Å². The van der Waals surface area contributed by atoms with E-state index in [1.807, 2.05) is 102 Å². The molecule has 9 heterocycles. The summed E-state index contributed by atoms with van der Waals surface area (Å²) < 4.78 is 14.5. The number of thiophene rings is 2. The molecule has 0 amide bonds. The van der Waals surface area contributed by atoms with Crippen LogP contribution in [0.25, 0.3) is 263 Å². The maximum Gasteiger partial charge on any atom is 0.238 e. The molecule has 0 spiro atoms. The van der Waals surface area contributed by atoms with Gasteiger partial charge in [0.05, 0.1) is 49.7 Å². The largest absolute Gasteiger partial charge is 0.309 e. The first kappa shape index (κ1) is 86.8. The maximum absolute atomic E-state index is 5.32. The molecule has 148 heavy (non-hydrogen) atoms. The lowest BCUT2D eigenvalue weighted by molar-refractivity contribution is 0.764. The van der Waals surface area contributed by atoms with Gasteiger partial charge in [-0.2, -0.15) is 9.97 Å². The second-order valence-corrected chi connectivity index (χ2v) is 39.8. The zero-order chi connectivity index (χ0) is 97.6. The lowest BCUT2D eigenvalue weighted by atomic mass is 9.96. The van der Waals surface area contributed by atoms with E-state index < -0.39 is 0 Å². The van der Waals surface area contributed by atoms with Gasteiger partial charge in [0.2, 0.25) is 5.95 Å². The van der Waals surface area contributed by atoms with Crippen LogP contribution in [0.15, 0.2) is 510 Å². The minimum Gasteiger partial charge on any atom is -0.309 e. The molecule has 1 aliphatic rings.